The Hall–Kier alpha value is -1.52. The molecule has 1 aromatic heterocycles. The van der Waals surface area contributed by atoms with Crippen molar-refractivity contribution >= 4 is 11.8 Å². The minimum absolute atomic E-state index is 0.348. The highest BCUT2D eigenvalue weighted by atomic mass is 16.5. The van der Waals surface area contributed by atoms with Crippen molar-refractivity contribution in [2.24, 2.45) is 5.92 Å². The minimum Gasteiger partial charge on any atom is -0.461 e. The van der Waals surface area contributed by atoms with Crippen LogP contribution in [0, 0.1) is 5.92 Å². The number of ether oxygens (including phenoxy) is 1. The summed E-state index contributed by atoms with van der Waals surface area (Å²) in [5, 5.41) is 7.64. The van der Waals surface area contributed by atoms with Gasteiger partial charge < -0.3 is 10.1 Å². The molecule has 17 heavy (non-hydrogen) atoms. The largest absolute Gasteiger partial charge is 0.461 e. The van der Waals surface area contributed by atoms with Gasteiger partial charge in [-0.25, -0.2) is 9.48 Å². The first kappa shape index (κ1) is 12.0. The third kappa shape index (κ3) is 2.14. The van der Waals surface area contributed by atoms with Crippen molar-refractivity contribution in [3.05, 3.63) is 11.8 Å². The molecule has 1 aromatic rings. The van der Waals surface area contributed by atoms with E-state index in [-0.39, 0.29) is 5.97 Å². The lowest BCUT2D eigenvalue weighted by atomic mass is 9.98. The summed E-state index contributed by atoms with van der Waals surface area (Å²) in [7, 11) is 0. The Labute approximate surface area is 101 Å². The SMILES string of the molecule is CCOC(=O)c1cc2n(n1)C(CC)C(C)CN2. The maximum Gasteiger partial charge on any atom is 0.358 e. The van der Waals surface area contributed by atoms with Crippen LogP contribution in [0.25, 0.3) is 0 Å². The number of nitrogens with one attached hydrogen (secondary N) is 1. The summed E-state index contributed by atoms with van der Waals surface area (Å²) in [6.45, 7) is 7.43. The minimum atomic E-state index is -0.348. The molecule has 2 unspecified atom stereocenters. The molecular formula is C12H19N3O2. The Balaban J connectivity index is 2.28. The Morgan fingerprint density at radius 1 is 1.65 bits per heavy atom. The Morgan fingerprint density at radius 2 is 2.41 bits per heavy atom. The highest BCUT2D eigenvalue weighted by Crippen LogP contribution is 2.30. The zero-order chi connectivity index (χ0) is 12.4. The van der Waals surface area contributed by atoms with Crippen molar-refractivity contribution in [3.8, 4) is 0 Å². The molecule has 1 N–H and O–H groups in total. The van der Waals surface area contributed by atoms with E-state index in [4.69, 9.17) is 4.74 Å². The van der Waals surface area contributed by atoms with Gasteiger partial charge in [0.25, 0.3) is 0 Å². The second-order valence-corrected chi connectivity index (χ2v) is 4.41. The number of hydrogen-bond donors (Lipinski definition) is 1. The highest BCUT2D eigenvalue weighted by molar-refractivity contribution is 5.88. The molecule has 0 radical (unpaired) electrons. The summed E-state index contributed by atoms with van der Waals surface area (Å²) in [6, 6.07) is 2.13. The zero-order valence-electron chi connectivity index (χ0n) is 10.6. The van der Waals surface area contributed by atoms with Crippen molar-refractivity contribution in [3.63, 3.8) is 0 Å². The molecule has 0 saturated heterocycles. The number of rotatable bonds is 3. The van der Waals surface area contributed by atoms with Gasteiger partial charge in [0.1, 0.15) is 5.82 Å². The third-order valence-corrected chi connectivity index (χ3v) is 3.21. The first-order valence-corrected chi connectivity index (χ1v) is 6.17. The maximum atomic E-state index is 11.6. The van der Waals surface area contributed by atoms with Gasteiger partial charge in [0.15, 0.2) is 5.69 Å². The van der Waals surface area contributed by atoms with Gasteiger partial charge >= 0.3 is 5.97 Å². The van der Waals surface area contributed by atoms with E-state index in [0.29, 0.717) is 24.3 Å². The predicted molar refractivity (Wildman–Crippen MR) is 65.2 cm³/mol. The van der Waals surface area contributed by atoms with Gasteiger partial charge in [-0.15, -0.1) is 0 Å². The second kappa shape index (κ2) is 4.77. The summed E-state index contributed by atoms with van der Waals surface area (Å²) >= 11 is 0. The van der Waals surface area contributed by atoms with Crippen LogP contribution < -0.4 is 5.32 Å². The molecule has 2 rings (SSSR count). The van der Waals surface area contributed by atoms with Crippen LogP contribution in [0.15, 0.2) is 6.07 Å². The van der Waals surface area contributed by atoms with E-state index in [1.807, 2.05) is 4.68 Å². The smallest absolute Gasteiger partial charge is 0.358 e. The van der Waals surface area contributed by atoms with Gasteiger partial charge in [-0.05, 0) is 19.3 Å². The fraction of sp³-hybridized carbons (Fsp3) is 0.667. The van der Waals surface area contributed by atoms with Crippen LogP contribution in [0.1, 0.15) is 43.7 Å². The molecule has 0 aromatic carbocycles. The molecule has 0 spiro atoms. The quantitative estimate of drug-likeness (QED) is 0.818. The van der Waals surface area contributed by atoms with Crippen molar-refractivity contribution < 1.29 is 9.53 Å². The van der Waals surface area contributed by atoms with Crippen molar-refractivity contribution in [2.75, 3.05) is 18.5 Å². The molecular weight excluding hydrogens is 218 g/mol. The molecule has 0 fully saturated rings. The number of fused-ring (bicyclic) bond motifs is 1. The van der Waals surface area contributed by atoms with Crippen LogP contribution in [0.4, 0.5) is 5.82 Å². The predicted octanol–water partition coefficient (Wildman–Crippen LogP) is 2.07. The van der Waals surface area contributed by atoms with E-state index in [2.05, 4.69) is 24.3 Å². The van der Waals surface area contributed by atoms with Crippen molar-refractivity contribution in [2.45, 2.75) is 33.2 Å². The average Bonchev–Trinajstić information content (AvgIpc) is 2.73. The lowest BCUT2D eigenvalue weighted by molar-refractivity contribution is 0.0517. The van der Waals surface area contributed by atoms with Crippen LogP contribution in [0.3, 0.4) is 0 Å². The van der Waals surface area contributed by atoms with Gasteiger partial charge in [0, 0.05) is 12.6 Å². The Kier molecular flexibility index (Phi) is 3.36. The summed E-state index contributed by atoms with van der Waals surface area (Å²) in [5.41, 5.74) is 0.391. The molecule has 2 heterocycles. The van der Waals surface area contributed by atoms with Crippen LogP contribution in [-0.2, 0) is 4.74 Å². The molecule has 1 aliphatic heterocycles. The summed E-state index contributed by atoms with van der Waals surface area (Å²) in [5.74, 6) is 1.08. The van der Waals surface area contributed by atoms with E-state index in [9.17, 15) is 4.79 Å². The lowest BCUT2D eigenvalue weighted by Crippen LogP contribution is -2.30. The molecule has 2 atom stereocenters. The molecule has 5 heteroatoms. The number of esters is 1. The maximum absolute atomic E-state index is 11.6. The summed E-state index contributed by atoms with van der Waals surface area (Å²) < 4.78 is 6.88. The van der Waals surface area contributed by atoms with Gasteiger partial charge in [0.2, 0.25) is 0 Å². The molecule has 0 bridgehead atoms. The fourth-order valence-electron chi connectivity index (χ4n) is 2.30. The molecule has 0 amide bonds. The topological polar surface area (TPSA) is 56.2 Å². The average molecular weight is 237 g/mol. The number of carbonyl (C=O) groups is 1. The van der Waals surface area contributed by atoms with Crippen LogP contribution >= 0.6 is 0 Å². The van der Waals surface area contributed by atoms with Gasteiger partial charge in [-0.2, -0.15) is 5.10 Å². The number of hydrogen-bond acceptors (Lipinski definition) is 4. The third-order valence-electron chi connectivity index (χ3n) is 3.21. The highest BCUT2D eigenvalue weighted by Gasteiger charge is 2.27. The second-order valence-electron chi connectivity index (χ2n) is 4.41. The monoisotopic (exact) mass is 237 g/mol. The molecule has 94 valence electrons. The van der Waals surface area contributed by atoms with Crippen molar-refractivity contribution in [1.29, 1.82) is 0 Å². The Bertz CT molecular complexity index is 414. The fourth-order valence-corrected chi connectivity index (χ4v) is 2.30. The number of nitrogens with zero attached hydrogens (tertiary/aromatic N) is 2. The number of aromatic nitrogens is 2. The van der Waals surface area contributed by atoms with Crippen LogP contribution in [0.5, 0.6) is 0 Å². The van der Waals surface area contributed by atoms with Crippen molar-refractivity contribution in [1.82, 2.24) is 9.78 Å². The zero-order valence-corrected chi connectivity index (χ0v) is 10.6. The van der Waals surface area contributed by atoms with Crippen LogP contribution in [-0.4, -0.2) is 28.9 Å². The van der Waals surface area contributed by atoms with E-state index in [1.165, 1.54) is 0 Å². The first-order chi connectivity index (χ1) is 8.17. The normalized spacial score (nSPS) is 22.8. The summed E-state index contributed by atoms with van der Waals surface area (Å²) in [6.07, 6.45) is 1.01. The van der Waals surface area contributed by atoms with E-state index in [0.717, 1.165) is 18.8 Å². The van der Waals surface area contributed by atoms with Gasteiger partial charge in [-0.3, -0.25) is 0 Å². The van der Waals surface area contributed by atoms with Gasteiger partial charge in [-0.1, -0.05) is 13.8 Å². The standard InChI is InChI=1S/C12H19N3O2/c1-4-10-8(3)7-13-11-6-9(14-15(10)11)12(16)17-5-2/h6,8,10,13H,4-5,7H2,1-3H3. The van der Waals surface area contributed by atoms with E-state index in [1.54, 1.807) is 13.0 Å². The number of carbonyl (C=O) groups excluding carboxylic acids is 1. The Morgan fingerprint density at radius 3 is 3.06 bits per heavy atom. The molecule has 0 aliphatic carbocycles. The first-order valence-electron chi connectivity index (χ1n) is 6.17. The molecule has 0 saturated carbocycles. The van der Waals surface area contributed by atoms with Gasteiger partial charge in [0.05, 0.1) is 12.6 Å². The number of anilines is 1. The van der Waals surface area contributed by atoms with E-state index >= 15 is 0 Å². The molecule has 1 aliphatic rings. The molecule has 5 nitrogen and oxygen atoms in total. The van der Waals surface area contributed by atoms with Crippen LogP contribution in [0.2, 0.25) is 0 Å². The lowest BCUT2D eigenvalue weighted by Gasteiger charge is -2.30. The summed E-state index contributed by atoms with van der Waals surface area (Å²) in [4.78, 5) is 11.6. The van der Waals surface area contributed by atoms with E-state index < -0.39 is 0 Å².